The number of nitrogens with zero attached hydrogens (tertiary/aromatic N) is 1. The molecule has 5 N–H and O–H groups in total. The molecular weight excluding hydrogens is 454 g/mol. The Labute approximate surface area is 208 Å². The summed E-state index contributed by atoms with van der Waals surface area (Å²) in [5.74, 6) is -0.459. The molecule has 0 bridgehead atoms. The van der Waals surface area contributed by atoms with Gasteiger partial charge in [-0.15, -0.1) is 0 Å². The van der Waals surface area contributed by atoms with E-state index in [0.717, 1.165) is 32.1 Å². The van der Waals surface area contributed by atoms with Crippen molar-refractivity contribution in [1.82, 2.24) is 10.2 Å². The molecule has 10 heteroatoms. The first-order chi connectivity index (χ1) is 16.4. The van der Waals surface area contributed by atoms with Crippen LogP contribution in [0.4, 0.5) is 4.79 Å². The van der Waals surface area contributed by atoms with Crippen LogP contribution in [-0.4, -0.2) is 76.3 Å². The maximum atomic E-state index is 12.4. The lowest BCUT2D eigenvalue weighted by Gasteiger charge is -2.34. The Morgan fingerprint density at radius 2 is 1.91 bits per heavy atom. The first kappa shape index (κ1) is 29.1. The van der Waals surface area contributed by atoms with E-state index in [9.17, 15) is 24.6 Å². The smallest absolute Gasteiger partial charge is 0.408 e. The molecule has 1 aliphatic carbocycles. The lowest BCUT2D eigenvalue weighted by molar-refractivity contribution is -0.144. The molecule has 1 heterocycles. The van der Waals surface area contributed by atoms with Gasteiger partial charge >= 0.3 is 12.1 Å². The molecule has 2 amide bonds. The van der Waals surface area contributed by atoms with Crippen molar-refractivity contribution >= 4 is 18.0 Å². The maximum Gasteiger partial charge on any atom is 0.408 e. The number of amides is 2. The van der Waals surface area contributed by atoms with Crippen LogP contribution in [0.1, 0.15) is 72.6 Å². The van der Waals surface area contributed by atoms with Crippen LogP contribution in [0.3, 0.4) is 0 Å². The van der Waals surface area contributed by atoms with Crippen LogP contribution < -0.4 is 11.1 Å². The number of hydrogen-bond donors (Lipinski definition) is 4. The number of β-amino-alcohol motifs (C(OH)–C–C–N with tert-alkyl or cyclic N) is 1. The summed E-state index contributed by atoms with van der Waals surface area (Å²) in [5.41, 5.74) is 4.76. The number of nitrogens with two attached hydrogens (primary N) is 1. The summed E-state index contributed by atoms with van der Waals surface area (Å²) in [6, 6.07) is -1.49. The Bertz CT molecular complexity index is 752. The molecule has 1 saturated heterocycles. The molecule has 1 aliphatic heterocycles. The molecule has 35 heavy (non-hydrogen) atoms. The molecular formula is C25H43N3O7. The van der Waals surface area contributed by atoms with Gasteiger partial charge in [0.2, 0.25) is 5.91 Å². The second-order valence-electron chi connectivity index (χ2n) is 10.5. The average Bonchev–Trinajstić information content (AvgIpc) is 3.42. The van der Waals surface area contributed by atoms with Crippen molar-refractivity contribution in [1.29, 1.82) is 0 Å². The van der Waals surface area contributed by atoms with Gasteiger partial charge in [-0.1, -0.05) is 25.0 Å². The number of carbonyl (C=O) groups excluding carboxylic acids is 3. The van der Waals surface area contributed by atoms with Crippen LogP contribution in [0.15, 0.2) is 12.2 Å². The fourth-order valence-corrected chi connectivity index (χ4v) is 4.42. The van der Waals surface area contributed by atoms with Gasteiger partial charge < -0.3 is 30.7 Å². The zero-order chi connectivity index (χ0) is 26.2. The van der Waals surface area contributed by atoms with Gasteiger partial charge in [0.1, 0.15) is 11.8 Å². The molecule has 10 nitrogen and oxygen atoms in total. The lowest BCUT2D eigenvalue weighted by Crippen LogP contribution is -2.56. The average molecular weight is 498 g/mol. The second-order valence-corrected chi connectivity index (χ2v) is 10.5. The Morgan fingerprint density at radius 1 is 1.20 bits per heavy atom. The molecule has 2 aliphatic rings. The molecule has 0 aromatic carbocycles. The number of aliphatic hydroxyl groups is 2. The fraction of sp³-hybridized carbons (Fsp3) is 0.800. The number of likely N-dealkylation sites (tertiary alicyclic amines) is 1. The van der Waals surface area contributed by atoms with Crippen molar-refractivity contribution in [2.75, 3.05) is 13.2 Å². The number of aliphatic hydroxyl groups excluding tert-OH is 2. The third-order valence-corrected chi connectivity index (χ3v) is 6.25. The molecule has 0 spiro atoms. The first-order valence-electron chi connectivity index (χ1n) is 12.7. The largest absolute Gasteiger partial charge is 0.466 e. The molecule has 2 rings (SSSR count). The van der Waals surface area contributed by atoms with Crippen molar-refractivity contribution in [2.45, 2.75) is 103 Å². The maximum absolute atomic E-state index is 12.4. The normalized spacial score (nSPS) is 26.3. The van der Waals surface area contributed by atoms with Crippen LogP contribution in [0.25, 0.3) is 0 Å². The Morgan fingerprint density at radius 3 is 2.54 bits per heavy atom. The number of carbonyl (C=O) groups is 3. The minimum absolute atomic E-state index is 0.000656. The van der Waals surface area contributed by atoms with Gasteiger partial charge in [-0.05, 0) is 65.7 Å². The second kappa shape index (κ2) is 13.2. The number of hydrogen-bond acceptors (Lipinski definition) is 8. The lowest BCUT2D eigenvalue weighted by atomic mass is 10.0. The van der Waals surface area contributed by atoms with E-state index in [1.807, 2.05) is 6.92 Å². The minimum Gasteiger partial charge on any atom is -0.466 e. The molecule has 0 aromatic heterocycles. The number of nitrogens with one attached hydrogen (secondary N) is 1. The van der Waals surface area contributed by atoms with Gasteiger partial charge in [-0.25, -0.2) is 4.79 Å². The predicted molar refractivity (Wildman–Crippen MR) is 130 cm³/mol. The summed E-state index contributed by atoms with van der Waals surface area (Å²) in [7, 11) is 0. The molecule has 0 radical (unpaired) electrons. The van der Waals surface area contributed by atoms with E-state index in [1.165, 1.54) is 4.90 Å². The number of unbranched alkanes of at least 4 members (excludes halogenated alkanes) is 3. The van der Waals surface area contributed by atoms with E-state index in [2.05, 4.69) is 17.5 Å². The van der Waals surface area contributed by atoms with Crippen molar-refractivity contribution in [3.63, 3.8) is 0 Å². The highest BCUT2D eigenvalue weighted by atomic mass is 16.6. The highest BCUT2D eigenvalue weighted by Crippen LogP contribution is 2.40. The summed E-state index contributed by atoms with van der Waals surface area (Å²) >= 11 is 0. The summed E-state index contributed by atoms with van der Waals surface area (Å²) in [6.07, 6.45) is 6.44. The van der Waals surface area contributed by atoms with Crippen molar-refractivity contribution in [3.05, 3.63) is 12.2 Å². The fourth-order valence-electron chi connectivity index (χ4n) is 4.42. The zero-order valence-electron chi connectivity index (χ0n) is 21.4. The van der Waals surface area contributed by atoms with Crippen molar-refractivity contribution < 1.29 is 34.1 Å². The quantitative estimate of drug-likeness (QED) is 0.171. The van der Waals surface area contributed by atoms with Crippen LogP contribution in [0.5, 0.6) is 0 Å². The number of allylic oxidation sites excluding steroid dienone is 2. The molecule has 6 atom stereocenters. The summed E-state index contributed by atoms with van der Waals surface area (Å²) in [5, 5.41) is 23.7. The van der Waals surface area contributed by atoms with Gasteiger partial charge in [0.25, 0.3) is 0 Å². The van der Waals surface area contributed by atoms with E-state index < -0.39 is 42.0 Å². The van der Waals surface area contributed by atoms with Gasteiger partial charge in [0.05, 0.1) is 30.7 Å². The van der Waals surface area contributed by atoms with Gasteiger partial charge in [0.15, 0.2) is 0 Å². The topological polar surface area (TPSA) is 151 Å². The number of primary amides is 1. The molecule has 2 fully saturated rings. The highest BCUT2D eigenvalue weighted by molar-refractivity contribution is 5.80. The van der Waals surface area contributed by atoms with Gasteiger partial charge in [-0.3, -0.25) is 14.5 Å². The zero-order valence-corrected chi connectivity index (χ0v) is 21.4. The van der Waals surface area contributed by atoms with Crippen molar-refractivity contribution in [2.24, 2.45) is 17.6 Å². The van der Waals surface area contributed by atoms with Crippen LogP contribution in [0.2, 0.25) is 0 Å². The Kier molecular flexibility index (Phi) is 11.0. The van der Waals surface area contributed by atoms with Crippen molar-refractivity contribution in [3.8, 4) is 0 Å². The number of ether oxygens (including phenoxy) is 2. The first-order valence-corrected chi connectivity index (χ1v) is 12.7. The SMILES string of the molecule is CCOC(=O)[C@H]1C[C@H]1/C=C\CCCCC[C@H](NC(=O)OC(C)(C)C)C(O)N1C[C@@H](O)C[C@H]1C(N)=O. The Balaban J connectivity index is 1.83. The summed E-state index contributed by atoms with van der Waals surface area (Å²) in [4.78, 5) is 37.3. The van der Waals surface area contributed by atoms with E-state index >= 15 is 0 Å². The highest BCUT2D eigenvalue weighted by Gasteiger charge is 2.42. The third-order valence-electron chi connectivity index (χ3n) is 6.25. The number of alkyl carbamates (subject to hydrolysis) is 1. The number of rotatable bonds is 13. The third kappa shape index (κ3) is 9.77. The Hall–Kier alpha value is -2.17. The minimum atomic E-state index is -1.19. The van der Waals surface area contributed by atoms with E-state index in [0.29, 0.717) is 13.0 Å². The van der Waals surface area contributed by atoms with E-state index in [1.54, 1.807) is 20.8 Å². The standard InChI is InChI=1S/C25H43N3O7/c1-5-34-23(32)18-13-16(18)11-9-7-6-8-10-12-19(27-24(33)35-25(2,3)4)22(31)28-15-17(29)14-20(28)21(26)30/h9,11,16-20,22,29,31H,5-8,10,12-15H2,1-4H3,(H2,26,30)(H,27,33)/b11-9-/t16-,17+,18+,19+,20+,22?/m1/s1. The predicted octanol–water partition coefficient (Wildman–Crippen LogP) is 1.82. The number of esters is 1. The van der Waals surface area contributed by atoms with E-state index in [4.69, 9.17) is 15.2 Å². The molecule has 200 valence electrons. The summed E-state index contributed by atoms with van der Waals surface area (Å²) in [6.45, 7) is 7.57. The molecule has 0 aromatic rings. The van der Waals surface area contributed by atoms with Crippen LogP contribution >= 0.6 is 0 Å². The van der Waals surface area contributed by atoms with E-state index in [-0.39, 0.29) is 30.8 Å². The van der Waals surface area contributed by atoms with Crippen LogP contribution in [0, 0.1) is 11.8 Å². The monoisotopic (exact) mass is 497 g/mol. The molecule has 1 saturated carbocycles. The van der Waals surface area contributed by atoms with Gasteiger partial charge in [0, 0.05) is 6.54 Å². The summed E-state index contributed by atoms with van der Waals surface area (Å²) < 4.78 is 10.4. The van der Waals surface area contributed by atoms with Crippen LogP contribution in [-0.2, 0) is 19.1 Å². The van der Waals surface area contributed by atoms with Gasteiger partial charge in [-0.2, -0.15) is 0 Å². The molecule has 1 unspecified atom stereocenters.